The van der Waals surface area contributed by atoms with Crippen LogP contribution in [0.1, 0.15) is 26.7 Å². The zero-order valence-corrected chi connectivity index (χ0v) is 6.07. The maximum absolute atomic E-state index is 5.69. The second kappa shape index (κ2) is 1.82. The van der Waals surface area contributed by atoms with Gasteiger partial charge in [0.05, 0.1) is 5.66 Å². The van der Waals surface area contributed by atoms with Gasteiger partial charge in [0, 0.05) is 0 Å². The van der Waals surface area contributed by atoms with Crippen LogP contribution < -0.4 is 11.5 Å². The van der Waals surface area contributed by atoms with Gasteiger partial charge in [-0.2, -0.15) is 0 Å². The minimum atomic E-state index is -0.436. The van der Waals surface area contributed by atoms with Crippen molar-refractivity contribution < 1.29 is 0 Å². The van der Waals surface area contributed by atoms with E-state index in [2.05, 4.69) is 13.8 Å². The van der Waals surface area contributed by atoms with E-state index in [0.29, 0.717) is 0 Å². The Labute approximate surface area is 55.9 Å². The van der Waals surface area contributed by atoms with Crippen LogP contribution in [0.4, 0.5) is 0 Å². The Hall–Kier alpha value is -0.340. The third kappa shape index (κ3) is 1.32. The molecule has 0 fully saturated rings. The van der Waals surface area contributed by atoms with Crippen molar-refractivity contribution in [1.29, 1.82) is 0 Å². The monoisotopic (exact) mass is 126 g/mol. The molecule has 52 valence electrons. The van der Waals surface area contributed by atoms with Crippen molar-refractivity contribution in [3.8, 4) is 0 Å². The molecule has 1 aliphatic carbocycles. The summed E-state index contributed by atoms with van der Waals surface area (Å²) in [5.74, 6) is 0. The first kappa shape index (κ1) is 6.78. The molecule has 0 saturated heterocycles. The summed E-state index contributed by atoms with van der Waals surface area (Å²) in [5, 5.41) is 0. The van der Waals surface area contributed by atoms with Gasteiger partial charge in [-0.3, -0.25) is 0 Å². The highest BCUT2D eigenvalue weighted by Crippen LogP contribution is 2.28. The first-order valence-electron chi connectivity index (χ1n) is 3.24. The quantitative estimate of drug-likeness (QED) is 0.371. The van der Waals surface area contributed by atoms with E-state index in [4.69, 9.17) is 11.5 Å². The summed E-state index contributed by atoms with van der Waals surface area (Å²) in [6.07, 6.45) is 1.72. The van der Waals surface area contributed by atoms with E-state index in [-0.39, 0.29) is 0 Å². The highest BCUT2D eigenvalue weighted by molar-refractivity contribution is 5.22. The molecule has 0 aromatic heterocycles. The predicted octanol–water partition coefficient (Wildman–Crippen LogP) is 0.730. The largest absolute Gasteiger partial charge is 0.313 e. The fourth-order valence-corrected chi connectivity index (χ4v) is 1.35. The van der Waals surface area contributed by atoms with E-state index >= 15 is 0 Å². The lowest BCUT2D eigenvalue weighted by Crippen LogP contribution is -2.47. The van der Waals surface area contributed by atoms with Crippen molar-refractivity contribution >= 4 is 0 Å². The van der Waals surface area contributed by atoms with Crippen molar-refractivity contribution in [2.75, 3.05) is 0 Å². The molecule has 0 aliphatic heterocycles. The maximum Gasteiger partial charge on any atom is 0.0712 e. The first-order valence-corrected chi connectivity index (χ1v) is 3.24. The van der Waals surface area contributed by atoms with Crippen LogP contribution in [0.5, 0.6) is 0 Å². The molecular weight excluding hydrogens is 112 g/mol. The predicted molar refractivity (Wildman–Crippen MR) is 38.7 cm³/mol. The van der Waals surface area contributed by atoms with Crippen LogP contribution in [0, 0.1) is 0 Å². The molecule has 0 aromatic carbocycles. The summed E-state index contributed by atoms with van der Waals surface area (Å²) >= 11 is 0. The summed E-state index contributed by atoms with van der Waals surface area (Å²) in [6.45, 7) is 4.19. The second-order valence-electron chi connectivity index (χ2n) is 3.15. The van der Waals surface area contributed by atoms with Gasteiger partial charge in [-0.25, -0.2) is 0 Å². The molecule has 0 heterocycles. The Bertz CT molecular complexity index is 140. The Balaban J connectivity index is 2.70. The number of rotatable bonds is 0. The van der Waals surface area contributed by atoms with E-state index in [1.54, 1.807) is 0 Å². The smallest absolute Gasteiger partial charge is 0.0712 e. The average molecular weight is 126 g/mol. The molecule has 2 nitrogen and oxygen atoms in total. The summed E-state index contributed by atoms with van der Waals surface area (Å²) in [6, 6.07) is 0. The van der Waals surface area contributed by atoms with Gasteiger partial charge < -0.3 is 11.5 Å². The third-order valence-corrected chi connectivity index (χ3v) is 1.92. The van der Waals surface area contributed by atoms with Gasteiger partial charge in [0.25, 0.3) is 0 Å². The minimum Gasteiger partial charge on any atom is -0.313 e. The Morgan fingerprint density at radius 2 is 1.44 bits per heavy atom. The Kier molecular flexibility index (Phi) is 1.37. The summed E-state index contributed by atoms with van der Waals surface area (Å²) in [4.78, 5) is 0. The molecule has 1 rings (SSSR count). The van der Waals surface area contributed by atoms with E-state index in [1.807, 2.05) is 0 Å². The molecule has 0 radical (unpaired) electrons. The van der Waals surface area contributed by atoms with E-state index < -0.39 is 5.66 Å². The van der Waals surface area contributed by atoms with Gasteiger partial charge in [-0.1, -0.05) is 11.1 Å². The highest BCUT2D eigenvalue weighted by Gasteiger charge is 2.26. The standard InChI is InChI=1S/C7H14N2/c1-5-3-7(8,9)4-6(5)2/h3-4,8-9H2,1-2H3. The lowest BCUT2D eigenvalue weighted by molar-refractivity contribution is 0.466. The third-order valence-electron chi connectivity index (χ3n) is 1.92. The number of hydrogen-bond acceptors (Lipinski definition) is 2. The van der Waals surface area contributed by atoms with Crippen LogP contribution in [0.3, 0.4) is 0 Å². The van der Waals surface area contributed by atoms with Crippen LogP contribution in [0.25, 0.3) is 0 Å². The van der Waals surface area contributed by atoms with Crippen LogP contribution in [-0.4, -0.2) is 5.66 Å². The molecule has 4 N–H and O–H groups in total. The molecule has 0 unspecified atom stereocenters. The topological polar surface area (TPSA) is 52.0 Å². The normalized spacial score (nSPS) is 25.3. The molecule has 0 saturated carbocycles. The zero-order chi connectivity index (χ0) is 7.07. The number of hydrogen-bond donors (Lipinski definition) is 2. The fraction of sp³-hybridized carbons (Fsp3) is 0.714. The molecule has 0 bridgehead atoms. The van der Waals surface area contributed by atoms with Gasteiger partial charge in [-0.05, 0) is 26.7 Å². The van der Waals surface area contributed by atoms with Crippen molar-refractivity contribution in [2.45, 2.75) is 32.4 Å². The minimum absolute atomic E-state index is 0.436. The lowest BCUT2D eigenvalue weighted by Gasteiger charge is -2.16. The first-order chi connectivity index (χ1) is 4.01. The molecule has 9 heavy (non-hydrogen) atoms. The van der Waals surface area contributed by atoms with E-state index in [9.17, 15) is 0 Å². The van der Waals surface area contributed by atoms with Crippen molar-refractivity contribution in [1.82, 2.24) is 0 Å². The molecule has 0 spiro atoms. The summed E-state index contributed by atoms with van der Waals surface area (Å²) in [5.41, 5.74) is 13.7. The van der Waals surface area contributed by atoms with Gasteiger partial charge in [0.1, 0.15) is 0 Å². The Morgan fingerprint density at radius 1 is 1.11 bits per heavy atom. The Morgan fingerprint density at radius 3 is 1.56 bits per heavy atom. The number of nitrogens with two attached hydrogens (primary N) is 2. The van der Waals surface area contributed by atoms with Gasteiger partial charge in [0.15, 0.2) is 0 Å². The van der Waals surface area contributed by atoms with Crippen LogP contribution in [-0.2, 0) is 0 Å². The lowest BCUT2D eigenvalue weighted by atomic mass is 10.1. The fourth-order valence-electron chi connectivity index (χ4n) is 1.35. The van der Waals surface area contributed by atoms with Crippen LogP contribution in [0.15, 0.2) is 11.1 Å². The molecule has 0 atom stereocenters. The van der Waals surface area contributed by atoms with Gasteiger partial charge in [0.2, 0.25) is 0 Å². The maximum atomic E-state index is 5.69. The SMILES string of the molecule is CC1=C(C)CC(N)(N)C1. The van der Waals surface area contributed by atoms with Crippen molar-refractivity contribution in [3.63, 3.8) is 0 Å². The van der Waals surface area contributed by atoms with Crippen molar-refractivity contribution in [2.24, 2.45) is 11.5 Å². The van der Waals surface area contributed by atoms with E-state index in [1.165, 1.54) is 11.1 Å². The second-order valence-corrected chi connectivity index (χ2v) is 3.15. The van der Waals surface area contributed by atoms with Crippen molar-refractivity contribution in [3.05, 3.63) is 11.1 Å². The molecule has 0 amide bonds. The van der Waals surface area contributed by atoms with Gasteiger partial charge >= 0.3 is 0 Å². The average Bonchev–Trinajstić information content (AvgIpc) is 1.79. The molecule has 0 aromatic rings. The summed E-state index contributed by atoms with van der Waals surface area (Å²) < 4.78 is 0. The molecule has 1 aliphatic rings. The van der Waals surface area contributed by atoms with Gasteiger partial charge in [-0.15, -0.1) is 0 Å². The van der Waals surface area contributed by atoms with E-state index in [0.717, 1.165) is 12.8 Å². The molecular formula is C7H14N2. The zero-order valence-electron chi connectivity index (χ0n) is 6.07. The molecule has 2 heteroatoms. The summed E-state index contributed by atoms with van der Waals surface area (Å²) in [7, 11) is 0. The van der Waals surface area contributed by atoms with Crippen LogP contribution in [0.2, 0.25) is 0 Å². The van der Waals surface area contributed by atoms with Crippen LogP contribution >= 0.6 is 0 Å². The highest BCUT2D eigenvalue weighted by atomic mass is 15.0.